The molecule has 0 saturated carbocycles. The number of phenols is 1. The summed E-state index contributed by atoms with van der Waals surface area (Å²) in [6.45, 7) is 1.51. The molecule has 0 aliphatic heterocycles. The minimum absolute atomic E-state index is 0.175. The number of carbonyl (C=O) groups excluding carboxylic acids is 1. The summed E-state index contributed by atoms with van der Waals surface area (Å²) in [7, 11) is 1.40. The molecule has 0 aromatic heterocycles. The van der Waals surface area contributed by atoms with Crippen LogP contribution in [0, 0.1) is 0 Å². The van der Waals surface area contributed by atoms with Crippen molar-refractivity contribution >= 4 is 5.97 Å². The molecule has 0 amide bonds. The van der Waals surface area contributed by atoms with E-state index in [1.807, 2.05) is 12.1 Å². The van der Waals surface area contributed by atoms with Gasteiger partial charge in [0.1, 0.15) is 5.75 Å². The lowest BCUT2D eigenvalue weighted by molar-refractivity contribution is -0.140. The fourth-order valence-corrected chi connectivity index (χ4v) is 1.31. The molecule has 0 bridgehead atoms. The Labute approximate surface area is 95.2 Å². The van der Waals surface area contributed by atoms with Crippen molar-refractivity contribution < 1.29 is 14.6 Å². The van der Waals surface area contributed by atoms with E-state index in [1.165, 1.54) is 7.11 Å². The fourth-order valence-electron chi connectivity index (χ4n) is 1.31. The first-order valence-corrected chi connectivity index (χ1v) is 5.28. The maximum Gasteiger partial charge on any atom is 0.305 e. The SMILES string of the molecule is COC(=O)CCCNCc1ccc(O)cc1. The number of nitrogens with one attached hydrogen (secondary N) is 1. The molecule has 0 aliphatic carbocycles. The topological polar surface area (TPSA) is 58.6 Å². The molecule has 0 spiro atoms. The number of hydrogen-bond donors (Lipinski definition) is 2. The number of carbonyl (C=O) groups is 1. The third-order valence-corrected chi connectivity index (χ3v) is 2.23. The number of aromatic hydroxyl groups is 1. The molecule has 2 N–H and O–H groups in total. The zero-order valence-electron chi connectivity index (χ0n) is 9.40. The molecular formula is C12H17NO3. The van der Waals surface area contributed by atoms with E-state index in [0.717, 1.165) is 25.1 Å². The van der Waals surface area contributed by atoms with Gasteiger partial charge in [-0.1, -0.05) is 12.1 Å². The third-order valence-electron chi connectivity index (χ3n) is 2.23. The van der Waals surface area contributed by atoms with Crippen LogP contribution in [-0.4, -0.2) is 24.7 Å². The van der Waals surface area contributed by atoms with E-state index < -0.39 is 0 Å². The molecular weight excluding hydrogens is 206 g/mol. The maximum atomic E-state index is 10.8. The molecule has 0 atom stereocenters. The van der Waals surface area contributed by atoms with Crippen LogP contribution >= 0.6 is 0 Å². The van der Waals surface area contributed by atoms with E-state index in [-0.39, 0.29) is 11.7 Å². The lowest BCUT2D eigenvalue weighted by atomic mass is 10.2. The molecule has 0 fully saturated rings. The van der Waals surface area contributed by atoms with E-state index in [2.05, 4.69) is 10.1 Å². The number of rotatable bonds is 6. The van der Waals surface area contributed by atoms with Gasteiger partial charge in [-0.3, -0.25) is 4.79 Å². The number of ether oxygens (including phenoxy) is 1. The fraction of sp³-hybridized carbons (Fsp3) is 0.417. The molecule has 0 aliphatic rings. The molecule has 16 heavy (non-hydrogen) atoms. The Bertz CT molecular complexity index is 322. The van der Waals surface area contributed by atoms with E-state index in [0.29, 0.717) is 6.42 Å². The Morgan fingerprint density at radius 2 is 2.06 bits per heavy atom. The maximum absolute atomic E-state index is 10.8. The average Bonchev–Trinajstić information content (AvgIpc) is 2.31. The molecule has 1 aromatic carbocycles. The third kappa shape index (κ3) is 4.79. The smallest absolute Gasteiger partial charge is 0.305 e. The number of methoxy groups -OCH3 is 1. The van der Waals surface area contributed by atoms with Crippen molar-refractivity contribution in [3.05, 3.63) is 29.8 Å². The Morgan fingerprint density at radius 3 is 2.69 bits per heavy atom. The van der Waals surface area contributed by atoms with Crippen LogP contribution < -0.4 is 5.32 Å². The second-order valence-electron chi connectivity index (χ2n) is 3.52. The summed E-state index contributed by atoms with van der Waals surface area (Å²) in [5, 5.41) is 12.3. The van der Waals surface area contributed by atoms with Gasteiger partial charge in [0.2, 0.25) is 0 Å². The zero-order valence-corrected chi connectivity index (χ0v) is 9.40. The average molecular weight is 223 g/mol. The summed E-state index contributed by atoms with van der Waals surface area (Å²) in [5.74, 6) is 0.0980. The summed E-state index contributed by atoms with van der Waals surface area (Å²) in [4.78, 5) is 10.8. The van der Waals surface area contributed by atoms with Gasteiger partial charge in [-0.05, 0) is 30.7 Å². The molecule has 0 saturated heterocycles. The molecule has 4 heteroatoms. The molecule has 0 radical (unpaired) electrons. The second kappa shape index (κ2) is 6.85. The van der Waals surface area contributed by atoms with Crippen LogP contribution in [0.15, 0.2) is 24.3 Å². The highest BCUT2D eigenvalue weighted by Gasteiger charge is 1.98. The molecule has 1 rings (SSSR count). The van der Waals surface area contributed by atoms with Crippen molar-refractivity contribution in [2.24, 2.45) is 0 Å². The largest absolute Gasteiger partial charge is 0.508 e. The van der Waals surface area contributed by atoms with Gasteiger partial charge in [-0.15, -0.1) is 0 Å². The van der Waals surface area contributed by atoms with Gasteiger partial charge < -0.3 is 15.2 Å². The predicted molar refractivity (Wildman–Crippen MR) is 61.1 cm³/mol. The van der Waals surface area contributed by atoms with Gasteiger partial charge in [0, 0.05) is 13.0 Å². The lowest BCUT2D eigenvalue weighted by Gasteiger charge is -2.04. The highest BCUT2D eigenvalue weighted by molar-refractivity contribution is 5.69. The van der Waals surface area contributed by atoms with Crippen molar-refractivity contribution in [2.45, 2.75) is 19.4 Å². The van der Waals surface area contributed by atoms with Crippen molar-refractivity contribution in [1.29, 1.82) is 0 Å². The summed E-state index contributed by atoms with van der Waals surface area (Å²) >= 11 is 0. The second-order valence-corrected chi connectivity index (χ2v) is 3.52. The highest BCUT2D eigenvalue weighted by atomic mass is 16.5. The van der Waals surface area contributed by atoms with Crippen LogP contribution in [0.3, 0.4) is 0 Å². The molecule has 4 nitrogen and oxygen atoms in total. The normalized spacial score (nSPS) is 10.1. The standard InChI is InChI=1S/C12H17NO3/c1-16-12(15)3-2-8-13-9-10-4-6-11(14)7-5-10/h4-7,13-14H,2-3,8-9H2,1H3. The van der Waals surface area contributed by atoms with Gasteiger partial charge in [0.05, 0.1) is 7.11 Å². The van der Waals surface area contributed by atoms with Gasteiger partial charge in [0.25, 0.3) is 0 Å². The molecule has 0 unspecified atom stereocenters. The Balaban J connectivity index is 2.11. The summed E-state index contributed by atoms with van der Waals surface area (Å²) in [6, 6.07) is 7.04. The minimum Gasteiger partial charge on any atom is -0.508 e. The number of phenolic OH excluding ortho intramolecular Hbond substituents is 1. The molecule has 88 valence electrons. The van der Waals surface area contributed by atoms with Crippen molar-refractivity contribution in [2.75, 3.05) is 13.7 Å². The van der Waals surface area contributed by atoms with Crippen LogP contribution in [0.25, 0.3) is 0 Å². The Hall–Kier alpha value is -1.55. The number of hydrogen-bond acceptors (Lipinski definition) is 4. The van der Waals surface area contributed by atoms with E-state index in [1.54, 1.807) is 12.1 Å². The predicted octanol–water partition coefficient (Wildman–Crippen LogP) is 1.43. The molecule has 0 heterocycles. The summed E-state index contributed by atoms with van der Waals surface area (Å²) in [5.41, 5.74) is 1.11. The van der Waals surface area contributed by atoms with Crippen LogP contribution in [0.4, 0.5) is 0 Å². The lowest BCUT2D eigenvalue weighted by Crippen LogP contribution is -2.16. The Morgan fingerprint density at radius 1 is 1.38 bits per heavy atom. The van der Waals surface area contributed by atoms with Crippen LogP contribution in [0.1, 0.15) is 18.4 Å². The van der Waals surface area contributed by atoms with Gasteiger partial charge >= 0.3 is 5.97 Å². The molecule has 1 aromatic rings. The van der Waals surface area contributed by atoms with Crippen molar-refractivity contribution in [3.63, 3.8) is 0 Å². The monoisotopic (exact) mass is 223 g/mol. The van der Waals surface area contributed by atoms with Crippen LogP contribution in [0.2, 0.25) is 0 Å². The van der Waals surface area contributed by atoms with Crippen molar-refractivity contribution in [1.82, 2.24) is 5.32 Å². The summed E-state index contributed by atoms with van der Waals surface area (Å²) in [6.07, 6.45) is 1.21. The first-order chi connectivity index (χ1) is 7.72. The highest BCUT2D eigenvalue weighted by Crippen LogP contribution is 2.09. The zero-order chi connectivity index (χ0) is 11.8. The van der Waals surface area contributed by atoms with Crippen LogP contribution in [-0.2, 0) is 16.1 Å². The number of benzene rings is 1. The van der Waals surface area contributed by atoms with Gasteiger partial charge in [-0.25, -0.2) is 0 Å². The van der Waals surface area contributed by atoms with Gasteiger partial charge in [0.15, 0.2) is 0 Å². The van der Waals surface area contributed by atoms with Crippen molar-refractivity contribution in [3.8, 4) is 5.75 Å². The Kier molecular flexibility index (Phi) is 5.36. The summed E-state index contributed by atoms with van der Waals surface area (Å²) < 4.78 is 4.53. The van der Waals surface area contributed by atoms with Crippen LogP contribution in [0.5, 0.6) is 5.75 Å². The van der Waals surface area contributed by atoms with E-state index in [9.17, 15) is 4.79 Å². The minimum atomic E-state index is -0.175. The van der Waals surface area contributed by atoms with E-state index >= 15 is 0 Å². The van der Waals surface area contributed by atoms with Gasteiger partial charge in [-0.2, -0.15) is 0 Å². The van der Waals surface area contributed by atoms with E-state index in [4.69, 9.17) is 5.11 Å². The quantitative estimate of drug-likeness (QED) is 0.566. The first kappa shape index (κ1) is 12.5. The first-order valence-electron chi connectivity index (χ1n) is 5.28. The number of esters is 1.